The van der Waals surface area contributed by atoms with Crippen molar-refractivity contribution in [3.63, 3.8) is 0 Å². The largest absolute Gasteiger partial charge is 0.478 e. The van der Waals surface area contributed by atoms with E-state index < -0.39 is 5.97 Å². The van der Waals surface area contributed by atoms with Crippen molar-refractivity contribution in [2.24, 2.45) is 5.41 Å². The highest BCUT2D eigenvalue weighted by atomic mass is 16.4. The third-order valence-electron chi connectivity index (χ3n) is 7.10. The Morgan fingerprint density at radius 3 is 2.53 bits per heavy atom. The lowest BCUT2D eigenvalue weighted by Gasteiger charge is -2.44. The van der Waals surface area contributed by atoms with Gasteiger partial charge in [0.2, 0.25) is 0 Å². The summed E-state index contributed by atoms with van der Waals surface area (Å²) in [5.74, 6) is -0.211. The van der Waals surface area contributed by atoms with Gasteiger partial charge in [-0.3, -0.25) is 0 Å². The molecule has 2 aliphatic rings. The van der Waals surface area contributed by atoms with Gasteiger partial charge in [0, 0.05) is 24.5 Å². The number of piperidine rings is 1. The topological polar surface area (TPSA) is 52.6 Å². The van der Waals surface area contributed by atoms with Gasteiger partial charge >= 0.3 is 5.97 Å². The van der Waals surface area contributed by atoms with Crippen molar-refractivity contribution in [2.45, 2.75) is 57.5 Å². The predicted octanol–water partition coefficient (Wildman–Crippen LogP) is 4.56. The van der Waals surface area contributed by atoms with E-state index in [1.54, 1.807) is 6.07 Å². The third-order valence-corrected chi connectivity index (χ3v) is 7.10. The molecule has 2 fully saturated rings. The molecule has 1 saturated heterocycles. The van der Waals surface area contributed by atoms with Gasteiger partial charge in [0.15, 0.2) is 0 Å². The van der Waals surface area contributed by atoms with E-state index >= 15 is 0 Å². The lowest BCUT2D eigenvalue weighted by Crippen LogP contribution is -2.48. The Morgan fingerprint density at radius 1 is 1.13 bits per heavy atom. The van der Waals surface area contributed by atoms with Crippen LogP contribution < -0.4 is 5.32 Å². The smallest absolute Gasteiger partial charge is 0.335 e. The number of likely N-dealkylation sites (tertiary alicyclic amines) is 1. The Kier molecular flexibility index (Phi) is 6.26. The highest BCUT2D eigenvalue weighted by Gasteiger charge is 2.41. The molecule has 4 heteroatoms. The van der Waals surface area contributed by atoms with Crippen LogP contribution in [0.3, 0.4) is 0 Å². The standard InChI is InChI=1S/C26H34N2O2/c1-19(2)28-13-11-26(12-14-28,17-20-7-6-10-22(15-20)25(29)30)18-27-24-16-23(24)21-8-4-3-5-9-21/h3-10,15,19,23-24,27H,11-14,16-18H2,1-2H3,(H,29,30)/t23?,24-/m1/s1. The molecule has 0 bridgehead atoms. The minimum Gasteiger partial charge on any atom is -0.478 e. The fraction of sp³-hybridized carbons (Fsp3) is 0.500. The number of rotatable bonds is 8. The average molecular weight is 407 g/mol. The SMILES string of the molecule is CC(C)N1CCC(CN[C@@H]2CC2c2ccccc2)(Cc2cccc(C(=O)O)c2)CC1. The third kappa shape index (κ3) is 4.93. The average Bonchev–Trinajstić information content (AvgIpc) is 3.53. The molecule has 0 spiro atoms. The number of nitrogens with one attached hydrogen (secondary N) is 1. The van der Waals surface area contributed by atoms with E-state index in [4.69, 9.17) is 0 Å². The van der Waals surface area contributed by atoms with Crippen LogP contribution in [0.4, 0.5) is 0 Å². The highest BCUT2D eigenvalue weighted by Crippen LogP contribution is 2.42. The fourth-order valence-corrected chi connectivity index (χ4v) is 5.01. The van der Waals surface area contributed by atoms with Gasteiger partial charge in [0.25, 0.3) is 0 Å². The maximum Gasteiger partial charge on any atom is 0.335 e. The van der Waals surface area contributed by atoms with Crippen LogP contribution in [0.5, 0.6) is 0 Å². The molecule has 4 rings (SSSR count). The number of carbonyl (C=O) groups is 1. The highest BCUT2D eigenvalue weighted by molar-refractivity contribution is 5.87. The normalized spacial score (nSPS) is 23.4. The first-order chi connectivity index (χ1) is 14.5. The molecule has 1 heterocycles. The zero-order chi connectivity index (χ0) is 21.1. The molecule has 2 aromatic rings. The quantitative estimate of drug-likeness (QED) is 0.675. The number of hydrogen-bond donors (Lipinski definition) is 2. The summed E-state index contributed by atoms with van der Waals surface area (Å²) in [4.78, 5) is 14.0. The molecule has 30 heavy (non-hydrogen) atoms. The Morgan fingerprint density at radius 2 is 1.87 bits per heavy atom. The number of aromatic carboxylic acids is 1. The summed E-state index contributed by atoms with van der Waals surface area (Å²) in [6, 6.07) is 19.5. The van der Waals surface area contributed by atoms with Gasteiger partial charge in [-0.1, -0.05) is 42.5 Å². The van der Waals surface area contributed by atoms with Crippen molar-refractivity contribution in [1.29, 1.82) is 0 Å². The minimum absolute atomic E-state index is 0.187. The number of benzene rings is 2. The number of carboxylic acids is 1. The van der Waals surface area contributed by atoms with E-state index in [0.29, 0.717) is 23.6 Å². The van der Waals surface area contributed by atoms with Crippen LogP contribution in [-0.4, -0.2) is 47.7 Å². The van der Waals surface area contributed by atoms with Crippen LogP contribution >= 0.6 is 0 Å². The summed E-state index contributed by atoms with van der Waals surface area (Å²) in [6.45, 7) is 7.78. The number of hydrogen-bond acceptors (Lipinski definition) is 3. The molecule has 0 radical (unpaired) electrons. The number of carboxylic acid groups (broad SMARTS) is 1. The first kappa shape index (κ1) is 21.1. The summed E-state index contributed by atoms with van der Waals surface area (Å²) in [7, 11) is 0. The van der Waals surface area contributed by atoms with Gasteiger partial charge < -0.3 is 15.3 Å². The van der Waals surface area contributed by atoms with Gasteiger partial charge in [0.1, 0.15) is 0 Å². The van der Waals surface area contributed by atoms with Crippen LogP contribution in [0.25, 0.3) is 0 Å². The summed E-state index contributed by atoms with van der Waals surface area (Å²) >= 11 is 0. The molecule has 1 aliphatic carbocycles. The molecule has 1 aliphatic heterocycles. The summed E-state index contributed by atoms with van der Waals surface area (Å²) in [5, 5.41) is 13.3. The van der Waals surface area contributed by atoms with E-state index in [9.17, 15) is 9.90 Å². The van der Waals surface area contributed by atoms with E-state index in [2.05, 4.69) is 60.5 Å². The molecular weight excluding hydrogens is 372 g/mol. The fourth-order valence-electron chi connectivity index (χ4n) is 5.01. The summed E-state index contributed by atoms with van der Waals surface area (Å²) in [5.41, 5.74) is 3.16. The minimum atomic E-state index is -0.845. The zero-order valence-electron chi connectivity index (χ0n) is 18.2. The van der Waals surface area contributed by atoms with Gasteiger partial charge in [-0.25, -0.2) is 4.79 Å². The van der Waals surface area contributed by atoms with E-state index in [1.807, 2.05) is 12.1 Å². The zero-order valence-corrected chi connectivity index (χ0v) is 18.2. The molecule has 4 nitrogen and oxygen atoms in total. The first-order valence-corrected chi connectivity index (χ1v) is 11.3. The Balaban J connectivity index is 1.44. The van der Waals surface area contributed by atoms with Crippen molar-refractivity contribution >= 4 is 5.97 Å². The number of nitrogens with zero attached hydrogens (tertiary/aromatic N) is 1. The second-order valence-electron chi connectivity index (χ2n) is 9.55. The molecule has 2 N–H and O–H groups in total. The predicted molar refractivity (Wildman–Crippen MR) is 121 cm³/mol. The van der Waals surface area contributed by atoms with E-state index in [1.165, 1.54) is 12.0 Å². The molecule has 2 atom stereocenters. The van der Waals surface area contributed by atoms with Crippen molar-refractivity contribution in [3.8, 4) is 0 Å². The Labute approximate surface area is 180 Å². The van der Waals surface area contributed by atoms with Crippen LogP contribution in [0, 0.1) is 5.41 Å². The maximum absolute atomic E-state index is 11.4. The van der Waals surface area contributed by atoms with Gasteiger partial charge in [0.05, 0.1) is 5.56 Å². The molecule has 1 unspecified atom stereocenters. The first-order valence-electron chi connectivity index (χ1n) is 11.3. The molecule has 0 aromatic heterocycles. The molecule has 160 valence electrons. The molecule has 0 amide bonds. The van der Waals surface area contributed by atoms with Crippen molar-refractivity contribution in [2.75, 3.05) is 19.6 Å². The second kappa shape index (κ2) is 8.91. The van der Waals surface area contributed by atoms with Crippen LogP contribution in [-0.2, 0) is 6.42 Å². The van der Waals surface area contributed by atoms with Gasteiger partial charge in [-0.2, -0.15) is 0 Å². The van der Waals surface area contributed by atoms with Crippen molar-refractivity contribution in [1.82, 2.24) is 10.2 Å². The molecular formula is C26H34N2O2. The van der Waals surface area contributed by atoms with Crippen LogP contribution in [0.1, 0.15) is 60.5 Å². The van der Waals surface area contributed by atoms with Gasteiger partial charge in [-0.15, -0.1) is 0 Å². The molecule has 2 aromatic carbocycles. The second-order valence-corrected chi connectivity index (χ2v) is 9.55. The maximum atomic E-state index is 11.4. The van der Waals surface area contributed by atoms with Crippen molar-refractivity contribution in [3.05, 3.63) is 71.3 Å². The molecule has 1 saturated carbocycles. The Bertz CT molecular complexity index is 856. The lowest BCUT2D eigenvalue weighted by atomic mass is 9.73. The van der Waals surface area contributed by atoms with E-state index in [-0.39, 0.29) is 5.41 Å². The van der Waals surface area contributed by atoms with Gasteiger partial charge in [-0.05, 0) is 81.3 Å². The Hall–Kier alpha value is -2.17. The van der Waals surface area contributed by atoms with Crippen LogP contribution in [0.2, 0.25) is 0 Å². The van der Waals surface area contributed by atoms with E-state index in [0.717, 1.165) is 44.5 Å². The van der Waals surface area contributed by atoms with Crippen molar-refractivity contribution < 1.29 is 9.90 Å². The summed E-state index contributed by atoms with van der Waals surface area (Å²) < 4.78 is 0. The monoisotopic (exact) mass is 406 g/mol. The lowest BCUT2D eigenvalue weighted by molar-refractivity contribution is 0.0695. The summed E-state index contributed by atoms with van der Waals surface area (Å²) in [6.07, 6.45) is 4.46. The van der Waals surface area contributed by atoms with Crippen LogP contribution in [0.15, 0.2) is 54.6 Å².